The lowest BCUT2D eigenvalue weighted by Crippen LogP contribution is -2.05. The Hall–Kier alpha value is -2.10. The van der Waals surface area contributed by atoms with E-state index in [1.54, 1.807) is 12.7 Å². The Morgan fingerprint density at radius 3 is 3.20 bits per heavy atom. The fourth-order valence-electron chi connectivity index (χ4n) is 3.33. The van der Waals surface area contributed by atoms with Gasteiger partial charge in [0.05, 0.1) is 6.54 Å². The van der Waals surface area contributed by atoms with E-state index in [2.05, 4.69) is 40.2 Å². The van der Waals surface area contributed by atoms with E-state index in [9.17, 15) is 0 Å². The summed E-state index contributed by atoms with van der Waals surface area (Å²) in [6.07, 6.45) is 7.14. The van der Waals surface area contributed by atoms with E-state index in [1.165, 1.54) is 47.0 Å². The first-order valence-electron chi connectivity index (χ1n) is 7.27. The second-order valence-corrected chi connectivity index (χ2v) is 5.78. The molecular formula is C16H18N4. The fraction of sp³-hybridized carbons (Fsp3) is 0.375. The maximum absolute atomic E-state index is 4.18. The SMILES string of the molecule is CC1CCCc2c1[nH]c1ccc(Cn3cncn3)cc21. The van der Waals surface area contributed by atoms with Crippen LogP contribution in [0.4, 0.5) is 0 Å². The van der Waals surface area contributed by atoms with Gasteiger partial charge in [0.1, 0.15) is 12.7 Å². The molecular weight excluding hydrogens is 248 g/mol. The van der Waals surface area contributed by atoms with Crippen molar-refractivity contribution in [3.05, 3.63) is 47.7 Å². The van der Waals surface area contributed by atoms with Crippen LogP contribution in [0.5, 0.6) is 0 Å². The smallest absolute Gasteiger partial charge is 0.137 e. The molecule has 0 saturated heterocycles. The minimum Gasteiger partial charge on any atom is -0.358 e. The fourth-order valence-corrected chi connectivity index (χ4v) is 3.33. The number of fused-ring (bicyclic) bond motifs is 3. The number of nitrogens with zero attached hydrogens (tertiary/aromatic N) is 3. The Morgan fingerprint density at radius 1 is 1.40 bits per heavy atom. The van der Waals surface area contributed by atoms with E-state index < -0.39 is 0 Å². The molecule has 3 aromatic rings. The molecule has 1 aliphatic carbocycles. The normalized spacial score (nSPS) is 18.4. The summed E-state index contributed by atoms with van der Waals surface area (Å²) in [5.74, 6) is 0.657. The third-order valence-corrected chi connectivity index (χ3v) is 4.37. The van der Waals surface area contributed by atoms with Crippen LogP contribution in [-0.2, 0) is 13.0 Å². The molecule has 4 heteroatoms. The van der Waals surface area contributed by atoms with Crippen LogP contribution in [-0.4, -0.2) is 19.7 Å². The number of H-pyrrole nitrogens is 1. The molecule has 0 saturated carbocycles. The third kappa shape index (κ3) is 1.83. The van der Waals surface area contributed by atoms with Crippen molar-refractivity contribution in [2.24, 2.45) is 0 Å². The van der Waals surface area contributed by atoms with Gasteiger partial charge in [-0.2, -0.15) is 5.10 Å². The van der Waals surface area contributed by atoms with Crippen molar-refractivity contribution >= 4 is 10.9 Å². The first kappa shape index (κ1) is 11.7. The maximum atomic E-state index is 4.18. The van der Waals surface area contributed by atoms with Crippen molar-refractivity contribution in [2.45, 2.75) is 38.6 Å². The van der Waals surface area contributed by atoms with E-state index in [4.69, 9.17) is 0 Å². The van der Waals surface area contributed by atoms with Crippen molar-refractivity contribution in [3.8, 4) is 0 Å². The number of aromatic nitrogens is 4. The monoisotopic (exact) mass is 266 g/mol. The van der Waals surface area contributed by atoms with E-state index in [0.717, 1.165) is 6.54 Å². The summed E-state index contributed by atoms with van der Waals surface area (Å²) in [6, 6.07) is 6.69. The molecule has 1 atom stereocenters. The van der Waals surface area contributed by atoms with Crippen molar-refractivity contribution < 1.29 is 0 Å². The average molecular weight is 266 g/mol. The quantitative estimate of drug-likeness (QED) is 0.774. The zero-order chi connectivity index (χ0) is 13.5. The van der Waals surface area contributed by atoms with Crippen molar-refractivity contribution in [2.75, 3.05) is 0 Å². The van der Waals surface area contributed by atoms with Gasteiger partial charge in [-0.25, -0.2) is 9.67 Å². The van der Waals surface area contributed by atoms with Crippen LogP contribution in [0.3, 0.4) is 0 Å². The van der Waals surface area contributed by atoms with E-state index in [-0.39, 0.29) is 0 Å². The van der Waals surface area contributed by atoms with Crippen LogP contribution >= 0.6 is 0 Å². The van der Waals surface area contributed by atoms with Crippen LogP contribution in [0, 0.1) is 0 Å². The van der Waals surface area contributed by atoms with Crippen LogP contribution in [0.2, 0.25) is 0 Å². The number of hydrogen-bond acceptors (Lipinski definition) is 2. The van der Waals surface area contributed by atoms with Crippen LogP contribution in [0.25, 0.3) is 10.9 Å². The molecule has 1 aliphatic rings. The van der Waals surface area contributed by atoms with Gasteiger partial charge in [-0.05, 0) is 48.4 Å². The number of rotatable bonds is 2. The third-order valence-electron chi connectivity index (χ3n) is 4.37. The Kier molecular flexibility index (Phi) is 2.62. The Balaban J connectivity index is 1.78. The van der Waals surface area contributed by atoms with Crippen molar-refractivity contribution in [1.82, 2.24) is 19.7 Å². The summed E-state index contributed by atoms with van der Waals surface area (Å²) in [7, 11) is 0. The summed E-state index contributed by atoms with van der Waals surface area (Å²) in [6.45, 7) is 3.11. The van der Waals surface area contributed by atoms with Crippen molar-refractivity contribution in [1.29, 1.82) is 0 Å². The minimum atomic E-state index is 0.657. The standard InChI is InChI=1S/C16H18N4/c1-11-3-2-4-13-14-7-12(8-20-10-17-9-18-20)5-6-15(14)19-16(11)13/h5-7,9-11,19H,2-4,8H2,1H3. The molecule has 102 valence electrons. The number of aromatic amines is 1. The zero-order valence-electron chi connectivity index (χ0n) is 11.6. The largest absolute Gasteiger partial charge is 0.358 e. The highest BCUT2D eigenvalue weighted by atomic mass is 15.3. The molecule has 4 nitrogen and oxygen atoms in total. The molecule has 1 aromatic carbocycles. The first-order valence-corrected chi connectivity index (χ1v) is 7.27. The van der Waals surface area contributed by atoms with Crippen LogP contribution in [0.1, 0.15) is 42.5 Å². The Bertz CT molecular complexity index is 739. The predicted molar refractivity (Wildman–Crippen MR) is 78.8 cm³/mol. The lowest BCUT2D eigenvalue weighted by Gasteiger charge is -2.18. The molecule has 4 rings (SSSR count). The number of hydrogen-bond donors (Lipinski definition) is 1. The Morgan fingerprint density at radius 2 is 2.35 bits per heavy atom. The second kappa shape index (κ2) is 4.47. The number of nitrogens with one attached hydrogen (secondary N) is 1. The predicted octanol–water partition coefficient (Wildman–Crippen LogP) is 3.25. The molecule has 0 bridgehead atoms. The Labute approximate surface area is 117 Å². The van der Waals surface area contributed by atoms with Gasteiger partial charge in [0.25, 0.3) is 0 Å². The lowest BCUT2D eigenvalue weighted by molar-refractivity contribution is 0.582. The van der Waals surface area contributed by atoms with Gasteiger partial charge >= 0.3 is 0 Å². The topological polar surface area (TPSA) is 46.5 Å². The lowest BCUT2D eigenvalue weighted by atomic mass is 9.88. The molecule has 20 heavy (non-hydrogen) atoms. The van der Waals surface area contributed by atoms with E-state index in [0.29, 0.717) is 5.92 Å². The van der Waals surface area contributed by atoms with Gasteiger partial charge in [-0.1, -0.05) is 13.0 Å². The van der Waals surface area contributed by atoms with Crippen LogP contribution < -0.4 is 0 Å². The molecule has 0 aliphatic heterocycles. The summed E-state index contributed by atoms with van der Waals surface area (Å²) in [4.78, 5) is 7.61. The molecule has 0 amide bonds. The summed E-state index contributed by atoms with van der Waals surface area (Å²) in [5.41, 5.74) is 5.53. The first-order chi connectivity index (χ1) is 9.81. The molecule has 1 N–H and O–H groups in total. The number of aryl methyl sites for hydroxylation is 1. The van der Waals surface area contributed by atoms with Gasteiger partial charge in [-0.3, -0.25) is 0 Å². The molecule has 0 radical (unpaired) electrons. The zero-order valence-corrected chi connectivity index (χ0v) is 11.6. The highest BCUT2D eigenvalue weighted by Gasteiger charge is 2.20. The van der Waals surface area contributed by atoms with Crippen molar-refractivity contribution in [3.63, 3.8) is 0 Å². The highest BCUT2D eigenvalue weighted by molar-refractivity contribution is 5.85. The molecule has 2 aromatic heterocycles. The van der Waals surface area contributed by atoms with E-state index >= 15 is 0 Å². The van der Waals surface area contributed by atoms with Gasteiger partial charge in [0.15, 0.2) is 0 Å². The summed E-state index contributed by atoms with van der Waals surface area (Å²) in [5, 5.41) is 5.57. The average Bonchev–Trinajstić information content (AvgIpc) is 3.07. The molecule has 2 heterocycles. The van der Waals surface area contributed by atoms with Gasteiger partial charge in [-0.15, -0.1) is 0 Å². The second-order valence-electron chi connectivity index (χ2n) is 5.78. The summed E-state index contributed by atoms with van der Waals surface area (Å²) >= 11 is 0. The minimum absolute atomic E-state index is 0.657. The van der Waals surface area contributed by atoms with Gasteiger partial charge in [0, 0.05) is 16.6 Å². The molecule has 1 unspecified atom stereocenters. The van der Waals surface area contributed by atoms with Gasteiger partial charge < -0.3 is 4.98 Å². The van der Waals surface area contributed by atoms with Gasteiger partial charge in [0.2, 0.25) is 0 Å². The van der Waals surface area contributed by atoms with E-state index in [1.807, 2.05) is 4.68 Å². The molecule has 0 spiro atoms. The number of benzene rings is 1. The maximum Gasteiger partial charge on any atom is 0.137 e. The summed E-state index contributed by atoms with van der Waals surface area (Å²) < 4.78 is 1.86. The highest BCUT2D eigenvalue weighted by Crippen LogP contribution is 2.35. The van der Waals surface area contributed by atoms with Crippen LogP contribution in [0.15, 0.2) is 30.9 Å². The molecule has 0 fully saturated rings.